The lowest BCUT2D eigenvalue weighted by Crippen LogP contribution is -2.13. The molecule has 0 atom stereocenters. The molecule has 0 saturated heterocycles. The molecular formula is C35H74P+. The van der Waals surface area contributed by atoms with Crippen LogP contribution >= 0.6 is 7.26 Å². The van der Waals surface area contributed by atoms with Gasteiger partial charge in [0.1, 0.15) is 0 Å². The molecule has 0 spiro atoms. The van der Waals surface area contributed by atoms with Crippen molar-refractivity contribution in [2.45, 2.75) is 201 Å². The van der Waals surface area contributed by atoms with Crippen molar-refractivity contribution < 1.29 is 0 Å². The van der Waals surface area contributed by atoms with E-state index in [-0.39, 0.29) is 0 Å². The Labute approximate surface area is 232 Å². The van der Waals surface area contributed by atoms with Crippen molar-refractivity contribution >= 4 is 7.26 Å². The summed E-state index contributed by atoms with van der Waals surface area (Å²) in [6.45, 7) is 9.40. The lowest BCUT2D eigenvalue weighted by atomic mass is 10.1. The van der Waals surface area contributed by atoms with Crippen molar-refractivity contribution in [2.24, 2.45) is 0 Å². The molecule has 36 heavy (non-hydrogen) atoms. The Hall–Kier alpha value is 0.430. The molecule has 0 rings (SSSR count). The minimum atomic E-state index is -0.725. The molecule has 0 bridgehead atoms. The maximum absolute atomic E-state index is 2.40. The van der Waals surface area contributed by atoms with Crippen LogP contribution in [0.2, 0.25) is 0 Å². The molecule has 0 aromatic heterocycles. The fraction of sp³-hybridized carbons (Fsp3) is 1.00. The summed E-state index contributed by atoms with van der Waals surface area (Å²) >= 11 is 0. The molecule has 0 nitrogen and oxygen atoms in total. The highest BCUT2D eigenvalue weighted by atomic mass is 31.2. The summed E-state index contributed by atoms with van der Waals surface area (Å²) in [6, 6.07) is 0. The third-order valence-corrected chi connectivity index (χ3v) is 13.8. The van der Waals surface area contributed by atoms with Crippen LogP contribution in [0.15, 0.2) is 0 Å². The zero-order valence-electron chi connectivity index (χ0n) is 26.4. The molecule has 0 heterocycles. The zero-order chi connectivity index (χ0) is 26.4. The van der Waals surface area contributed by atoms with E-state index in [9.17, 15) is 0 Å². The maximum atomic E-state index is 2.40. The van der Waals surface area contributed by atoms with E-state index in [1.54, 1.807) is 43.9 Å². The highest BCUT2D eigenvalue weighted by Crippen LogP contribution is 2.61. The SMILES string of the molecule is CCCCCCCCCC[P+](CCCCC)(CCCCCCCCCC)CCCCCCCCCC. The molecule has 0 saturated carbocycles. The molecule has 0 amide bonds. The van der Waals surface area contributed by atoms with Gasteiger partial charge >= 0.3 is 0 Å². The number of hydrogen-bond donors (Lipinski definition) is 0. The molecule has 0 aromatic carbocycles. The summed E-state index contributed by atoms with van der Waals surface area (Å²) in [5, 5.41) is 0. The van der Waals surface area contributed by atoms with Gasteiger partial charge in [0.2, 0.25) is 0 Å². The van der Waals surface area contributed by atoms with Crippen LogP contribution in [-0.4, -0.2) is 24.6 Å². The minimum Gasteiger partial charge on any atom is -0.0654 e. The third-order valence-electron chi connectivity index (χ3n) is 8.69. The molecule has 0 unspecified atom stereocenters. The second-order valence-electron chi connectivity index (χ2n) is 12.4. The summed E-state index contributed by atoms with van der Waals surface area (Å²) in [7, 11) is -0.725. The quantitative estimate of drug-likeness (QED) is 0.0623. The van der Waals surface area contributed by atoms with Crippen LogP contribution in [0.4, 0.5) is 0 Å². The first-order valence-corrected chi connectivity index (χ1v) is 20.1. The molecule has 0 fully saturated rings. The summed E-state index contributed by atoms with van der Waals surface area (Å²) in [5.74, 6) is 0. The molecule has 218 valence electrons. The second-order valence-corrected chi connectivity index (χ2v) is 16.8. The van der Waals surface area contributed by atoms with Crippen LogP contribution in [0.3, 0.4) is 0 Å². The van der Waals surface area contributed by atoms with E-state index in [0.717, 1.165) is 0 Å². The van der Waals surface area contributed by atoms with Gasteiger partial charge in [-0.2, -0.15) is 0 Å². The molecule has 0 N–H and O–H groups in total. The van der Waals surface area contributed by atoms with E-state index in [1.165, 1.54) is 154 Å². The smallest absolute Gasteiger partial charge is 0.0594 e. The molecule has 0 aliphatic heterocycles. The topological polar surface area (TPSA) is 0 Å². The Morgan fingerprint density at radius 1 is 0.222 bits per heavy atom. The van der Waals surface area contributed by atoms with Gasteiger partial charge in [-0.05, 0) is 44.9 Å². The van der Waals surface area contributed by atoms with Gasteiger partial charge < -0.3 is 0 Å². The number of unbranched alkanes of at least 4 members (excludes halogenated alkanes) is 23. The van der Waals surface area contributed by atoms with E-state index >= 15 is 0 Å². The summed E-state index contributed by atoms with van der Waals surface area (Å²) in [5.41, 5.74) is 0. The molecule has 0 aliphatic rings. The average molecular weight is 526 g/mol. The first-order chi connectivity index (χ1) is 17.7. The molecule has 1 heteroatoms. The maximum Gasteiger partial charge on any atom is 0.0594 e. The summed E-state index contributed by atoms with van der Waals surface area (Å²) in [4.78, 5) is 0. The number of rotatable bonds is 31. The second kappa shape index (κ2) is 30.0. The summed E-state index contributed by atoms with van der Waals surface area (Å²) in [6.07, 6.45) is 46.6. The predicted molar refractivity (Wildman–Crippen MR) is 174 cm³/mol. The van der Waals surface area contributed by atoms with Gasteiger partial charge in [0, 0.05) is 7.26 Å². The van der Waals surface area contributed by atoms with Crippen molar-refractivity contribution in [1.82, 2.24) is 0 Å². The van der Waals surface area contributed by atoms with Crippen LogP contribution in [0.1, 0.15) is 201 Å². The van der Waals surface area contributed by atoms with E-state index in [2.05, 4.69) is 27.7 Å². The van der Waals surface area contributed by atoms with Crippen LogP contribution in [0.5, 0.6) is 0 Å². The van der Waals surface area contributed by atoms with Gasteiger partial charge in [-0.25, -0.2) is 0 Å². The van der Waals surface area contributed by atoms with Gasteiger partial charge in [0.15, 0.2) is 0 Å². The fourth-order valence-corrected chi connectivity index (χ4v) is 11.0. The Kier molecular flexibility index (Phi) is 30.3. The molecule has 0 radical (unpaired) electrons. The lowest BCUT2D eigenvalue weighted by Gasteiger charge is -2.28. The third kappa shape index (κ3) is 24.7. The Morgan fingerprint density at radius 2 is 0.389 bits per heavy atom. The average Bonchev–Trinajstić information content (AvgIpc) is 2.89. The Bertz CT molecular complexity index is 340. The first-order valence-electron chi connectivity index (χ1n) is 17.6. The van der Waals surface area contributed by atoms with Gasteiger partial charge in [-0.15, -0.1) is 0 Å². The normalized spacial score (nSPS) is 12.0. The van der Waals surface area contributed by atoms with Crippen LogP contribution in [-0.2, 0) is 0 Å². The van der Waals surface area contributed by atoms with Crippen molar-refractivity contribution in [3.05, 3.63) is 0 Å². The standard InChI is InChI=1S/C35H74P/c1-5-9-13-16-19-22-25-29-33-36(32-28-12-8-4,34-30-26-23-20-17-14-10-6-2)35-31-27-24-21-18-15-11-7-3/h5-35H2,1-4H3/q+1. The monoisotopic (exact) mass is 526 g/mol. The van der Waals surface area contributed by atoms with Crippen molar-refractivity contribution in [3.8, 4) is 0 Å². The minimum absolute atomic E-state index is 0.725. The first kappa shape index (κ1) is 36.4. The number of hydrogen-bond acceptors (Lipinski definition) is 0. The van der Waals surface area contributed by atoms with E-state index in [4.69, 9.17) is 0 Å². The van der Waals surface area contributed by atoms with Gasteiger partial charge in [0.25, 0.3) is 0 Å². The molecular weight excluding hydrogens is 451 g/mol. The lowest BCUT2D eigenvalue weighted by molar-refractivity contribution is 0.579. The van der Waals surface area contributed by atoms with Gasteiger partial charge in [-0.1, -0.05) is 156 Å². The van der Waals surface area contributed by atoms with E-state index in [0.29, 0.717) is 0 Å². The Balaban J connectivity index is 4.60. The summed E-state index contributed by atoms with van der Waals surface area (Å²) < 4.78 is 0. The molecule has 0 aromatic rings. The fourth-order valence-electron chi connectivity index (χ4n) is 6.11. The highest BCUT2D eigenvalue weighted by Gasteiger charge is 2.34. The largest absolute Gasteiger partial charge is 0.0654 e. The van der Waals surface area contributed by atoms with Crippen molar-refractivity contribution in [1.29, 1.82) is 0 Å². The van der Waals surface area contributed by atoms with Gasteiger partial charge in [-0.3, -0.25) is 0 Å². The van der Waals surface area contributed by atoms with Crippen molar-refractivity contribution in [3.63, 3.8) is 0 Å². The van der Waals surface area contributed by atoms with E-state index < -0.39 is 7.26 Å². The van der Waals surface area contributed by atoms with E-state index in [1.807, 2.05) is 0 Å². The van der Waals surface area contributed by atoms with Gasteiger partial charge in [0.05, 0.1) is 24.6 Å². The molecule has 0 aliphatic carbocycles. The van der Waals surface area contributed by atoms with Crippen molar-refractivity contribution in [2.75, 3.05) is 24.6 Å². The van der Waals surface area contributed by atoms with Crippen LogP contribution in [0.25, 0.3) is 0 Å². The highest BCUT2D eigenvalue weighted by molar-refractivity contribution is 7.75. The van der Waals surface area contributed by atoms with Crippen LogP contribution in [0, 0.1) is 0 Å². The van der Waals surface area contributed by atoms with Crippen LogP contribution < -0.4 is 0 Å². The predicted octanol–water partition coefficient (Wildman–Crippen LogP) is 13.6. The Morgan fingerprint density at radius 3 is 0.639 bits per heavy atom. The zero-order valence-corrected chi connectivity index (χ0v) is 27.3.